The Morgan fingerprint density at radius 1 is 1.20 bits per heavy atom. The van der Waals surface area contributed by atoms with Gasteiger partial charge in [-0.25, -0.2) is 0 Å². The molecule has 6 nitrogen and oxygen atoms in total. The third-order valence-electron chi connectivity index (χ3n) is 3.44. The lowest BCUT2D eigenvalue weighted by atomic mass is 9.84. The SMILES string of the molecule is COCCOCCN1C(=O)C(C(C)(C)C)NC(=O)C1C. The fraction of sp³-hybridized carbons (Fsp3) is 0.857. The van der Waals surface area contributed by atoms with Crippen LogP contribution in [0.4, 0.5) is 0 Å². The molecule has 0 bridgehead atoms. The van der Waals surface area contributed by atoms with E-state index >= 15 is 0 Å². The lowest BCUT2D eigenvalue weighted by Gasteiger charge is -2.42. The van der Waals surface area contributed by atoms with Crippen LogP contribution in [0.3, 0.4) is 0 Å². The maximum atomic E-state index is 12.5. The Morgan fingerprint density at radius 3 is 2.40 bits per heavy atom. The molecule has 1 heterocycles. The number of nitrogens with one attached hydrogen (secondary N) is 1. The van der Waals surface area contributed by atoms with Crippen molar-refractivity contribution in [1.82, 2.24) is 10.2 Å². The van der Waals surface area contributed by atoms with E-state index in [0.717, 1.165) is 0 Å². The van der Waals surface area contributed by atoms with E-state index in [1.54, 1.807) is 18.9 Å². The Hall–Kier alpha value is -1.14. The van der Waals surface area contributed by atoms with Crippen molar-refractivity contribution < 1.29 is 19.1 Å². The number of carbonyl (C=O) groups excluding carboxylic acids is 2. The van der Waals surface area contributed by atoms with Gasteiger partial charge in [-0.05, 0) is 12.3 Å². The number of rotatable bonds is 6. The van der Waals surface area contributed by atoms with E-state index in [2.05, 4.69) is 5.32 Å². The molecule has 2 amide bonds. The third kappa shape index (κ3) is 4.18. The van der Waals surface area contributed by atoms with Crippen molar-refractivity contribution in [3.63, 3.8) is 0 Å². The first-order valence-corrected chi connectivity index (χ1v) is 6.96. The van der Waals surface area contributed by atoms with E-state index in [0.29, 0.717) is 26.4 Å². The highest BCUT2D eigenvalue weighted by Crippen LogP contribution is 2.24. The number of hydrogen-bond donors (Lipinski definition) is 1. The average molecular weight is 286 g/mol. The molecule has 0 spiro atoms. The number of carbonyl (C=O) groups is 2. The lowest BCUT2D eigenvalue weighted by Crippen LogP contribution is -2.66. The number of piperazine rings is 1. The molecule has 1 aliphatic heterocycles. The second kappa shape index (κ2) is 7.04. The molecule has 0 aliphatic carbocycles. The molecule has 1 aliphatic rings. The van der Waals surface area contributed by atoms with Crippen molar-refractivity contribution in [3.8, 4) is 0 Å². The monoisotopic (exact) mass is 286 g/mol. The van der Waals surface area contributed by atoms with Gasteiger partial charge in [-0.15, -0.1) is 0 Å². The highest BCUT2D eigenvalue weighted by molar-refractivity contribution is 5.97. The van der Waals surface area contributed by atoms with E-state index in [4.69, 9.17) is 9.47 Å². The molecule has 1 fully saturated rings. The van der Waals surface area contributed by atoms with E-state index in [9.17, 15) is 9.59 Å². The topological polar surface area (TPSA) is 67.9 Å². The lowest BCUT2D eigenvalue weighted by molar-refractivity contribution is -0.152. The summed E-state index contributed by atoms with van der Waals surface area (Å²) < 4.78 is 10.3. The van der Waals surface area contributed by atoms with Crippen molar-refractivity contribution in [2.75, 3.05) is 33.5 Å². The Kier molecular flexibility index (Phi) is 5.95. The van der Waals surface area contributed by atoms with Gasteiger partial charge >= 0.3 is 0 Å². The quantitative estimate of drug-likeness (QED) is 0.718. The van der Waals surface area contributed by atoms with E-state index in [1.165, 1.54) is 0 Å². The second-order valence-corrected chi connectivity index (χ2v) is 6.12. The molecule has 0 aromatic rings. The highest BCUT2D eigenvalue weighted by Gasteiger charge is 2.43. The number of ether oxygens (including phenoxy) is 2. The maximum Gasteiger partial charge on any atom is 0.246 e. The van der Waals surface area contributed by atoms with Gasteiger partial charge in [0.25, 0.3) is 0 Å². The molecule has 1 saturated heterocycles. The minimum Gasteiger partial charge on any atom is -0.382 e. The summed E-state index contributed by atoms with van der Waals surface area (Å²) in [4.78, 5) is 26.1. The van der Waals surface area contributed by atoms with Crippen LogP contribution in [0.5, 0.6) is 0 Å². The average Bonchev–Trinajstić information content (AvgIpc) is 2.35. The van der Waals surface area contributed by atoms with Gasteiger partial charge in [0, 0.05) is 13.7 Å². The van der Waals surface area contributed by atoms with Gasteiger partial charge < -0.3 is 19.7 Å². The predicted octanol–water partition coefficient (Wildman–Crippen LogP) is 0.411. The number of hydrogen-bond acceptors (Lipinski definition) is 4. The van der Waals surface area contributed by atoms with Crippen LogP contribution in [-0.2, 0) is 19.1 Å². The van der Waals surface area contributed by atoms with Crippen molar-refractivity contribution in [1.29, 1.82) is 0 Å². The normalized spacial score (nSPS) is 23.9. The van der Waals surface area contributed by atoms with Crippen LogP contribution in [0.2, 0.25) is 0 Å². The minimum atomic E-state index is -0.481. The first kappa shape index (κ1) is 16.9. The maximum absolute atomic E-state index is 12.5. The van der Waals surface area contributed by atoms with Crippen molar-refractivity contribution in [2.45, 2.75) is 39.8 Å². The van der Waals surface area contributed by atoms with Crippen LogP contribution < -0.4 is 5.32 Å². The Bertz CT molecular complexity index is 352. The largest absolute Gasteiger partial charge is 0.382 e. The molecule has 0 saturated carbocycles. The fourth-order valence-electron chi connectivity index (χ4n) is 2.12. The molecule has 2 atom stereocenters. The summed E-state index contributed by atoms with van der Waals surface area (Å²) in [5.41, 5.74) is -0.304. The molecule has 2 unspecified atom stereocenters. The van der Waals surface area contributed by atoms with Gasteiger partial charge in [-0.2, -0.15) is 0 Å². The van der Waals surface area contributed by atoms with Crippen molar-refractivity contribution in [3.05, 3.63) is 0 Å². The predicted molar refractivity (Wildman–Crippen MR) is 75.3 cm³/mol. The fourth-order valence-corrected chi connectivity index (χ4v) is 2.12. The molecular weight excluding hydrogens is 260 g/mol. The van der Waals surface area contributed by atoms with E-state index in [-0.39, 0.29) is 17.2 Å². The van der Waals surface area contributed by atoms with Gasteiger partial charge in [0.05, 0.1) is 19.8 Å². The highest BCUT2D eigenvalue weighted by atomic mass is 16.5. The molecule has 1 N–H and O–H groups in total. The standard InChI is InChI=1S/C14H26N2O4/c1-10-12(17)15-11(14(2,3)4)13(18)16(10)6-7-20-9-8-19-5/h10-11H,6-9H2,1-5H3,(H,15,17). The van der Waals surface area contributed by atoms with Gasteiger partial charge in [0.2, 0.25) is 11.8 Å². The minimum absolute atomic E-state index is 0.0417. The van der Waals surface area contributed by atoms with Crippen LogP contribution in [-0.4, -0.2) is 62.3 Å². The van der Waals surface area contributed by atoms with Gasteiger partial charge in [-0.1, -0.05) is 20.8 Å². The van der Waals surface area contributed by atoms with Gasteiger partial charge in [-0.3, -0.25) is 9.59 Å². The zero-order valence-corrected chi connectivity index (χ0v) is 13.1. The van der Waals surface area contributed by atoms with Crippen LogP contribution in [0, 0.1) is 5.41 Å². The molecule has 0 aromatic carbocycles. The first-order chi connectivity index (χ1) is 9.29. The Morgan fingerprint density at radius 2 is 1.85 bits per heavy atom. The molecule has 0 aromatic heterocycles. The van der Waals surface area contributed by atoms with E-state index in [1.807, 2.05) is 20.8 Å². The molecular formula is C14H26N2O4. The molecule has 0 radical (unpaired) electrons. The van der Waals surface area contributed by atoms with Crippen molar-refractivity contribution >= 4 is 11.8 Å². The van der Waals surface area contributed by atoms with Gasteiger partial charge in [0.1, 0.15) is 12.1 Å². The Balaban J connectivity index is 2.62. The van der Waals surface area contributed by atoms with Crippen LogP contribution >= 0.6 is 0 Å². The van der Waals surface area contributed by atoms with E-state index < -0.39 is 12.1 Å². The van der Waals surface area contributed by atoms with Crippen LogP contribution in [0.15, 0.2) is 0 Å². The molecule has 6 heteroatoms. The second-order valence-electron chi connectivity index (χ2n) is 6.12. The molecule has 116 valence electrons. The first-order valence-electron chi connectivity index (χ1n) is 6.96. The zero-order valence-electron chi connectivity index (χ0n) is 13.1. The summed E-state index contributed by atoms with van der Waals surface area (Å²) in [6.45, 7) is 9.41. The summed E-state index contributed by atoms with van der Waals surface area (Å²) in [7, 11) is 1.61. The summed E-state index contributed by atoms with van der Waals surface area (Å²) in [5, 5.41) is 2.81. The van der Waals surface area contributed by atoms with Gasteiger partial charge in [0.15, 0.2) is 0 Å². The van der Waals surface area contributed by atoms with Crippen LogP contribution in [0.25, 0.3) is 0 Å². The molecule has 20 heavy (non-hydrogen) atoms. The number of amides is 2. The summed E-state index contributed by atoms with van der Waals surface area (Å²) in [6.07, 6.45) is 0. The zero-order chi connectivity index (χ0) is 15.3. The smallest absolute Gasteiger partial charge is 0.246 e. The number of nitrogens with zero attached hydrogens (tertiary/aromatic N) is 1. The molecule has 1 rings (SSSR count). The van der Waals surface area contributed by atoms with Crippen LogP contribution in [0.1, 0.15) is 27.7 Å². The number of methoxy groups -OCH3 is 1. The summed E-state index contributed by atoms with van der Waals surface area (Å²) >= 11 is 0. The summed E-state index contributed by atoms with van der Waals surface area (Å²) in [6, 6.07) is -0.933. The third-order valence-corrected chi connectivity index (χ3v) is 3.44. The summed E-state index contributed by atoms with van der Waals surface area (Å²) in [5.74, 6) is -0.152. The Labute approximate surface area is 120 Å². The van der Waals surface area contributed by atoms with Crippen molar-refractivity contribution in [2.24, 2.45) is 5.41 Å².